The molecule has 0 radical (unpaired) electrons. The summed E-state index contributed by atoms with van der Waals surface area (Å²) in [4.78, 5) is 40.3. The number of Topliss-reactive ketones (excluding diaryl/α,β-unsaturated/α-hetero) is 1. The Labute approximate surface area is 226 Å². The molecular weight excluding hydrogens is 508 g/mol. The number of aliphatic hydroxyl groups is 4. The Morgan fingerprint density at radius 2 is 1.72 bits per heavy atom. The highest BCUT2D eigenvalue weighted by Crippen LogP contribution is 2.63. The normalized spacial score (nSPS) is 42.7. The van der Waals surface area contributed by atoms with Crippen LogP contribution in [0.25, 0.3) is 0 Å². The van der Waals surface area contributed by atoms with Gasteiger partial charge in [-0.2, -0.15) is 0 Å². The lowest BCUT2D eigenvalue weighted by Gasteiger charge is -2.67. The number of carbonyl (C=O) groups is 3. The van der Waals surface area contributed by atoms with Gasteiger partial charge in [-0.3, -0.25) is 9.59 Å². The number of fused-ring (bicyclic) bond motifs is 5. The molecule has 5 unspecified atom stereocenters. The molecule has 4 N–H and O–H groups in total. The van der Waals surface area contributed by atoms with E-state index in [9.17, 15) is 34.8 Å². The van der Waals surface area contributed by atoms with Crippen LogP contribution >= 0.6 is 0 Å². The van der Waals surface area contributed by atoms with Crippen molar-refractivity contribution in [3.05, 3.63) is 47.0 Å². The van der Waals surface area contributed by atoms with E-state index in [0.717, 1.165) is 0 Å². The van der Waals surface area contributed by atoms with Crippen LogP contribution < -0.4 is 0 Å². The van der Waals surface area contributed by atoms with Crippen molar-refractivity contribution in [2.45, 2.75) is 89.2 Å². The van der Waals surface area contributed by atoms with E-state index >= 15 is 0 Å². The summed E-state index contributed by atoms with van der Waals surface area (Å²) in [5.74, 6) is -3.60. The molecule has 3 aliphatic carbocycles. The SMILES string of the molecule is CC(=O)O[C@@]12COC1CC(O)[C@@]1(C)C(=O)C(O)C3=C(C)C(O)C[C@@](O)(C(OC(=O)c4ccccc4)[C@H]21)C3(C)C. The van der Waals surface area contributed by atoms with Crippen molar-refractivity contribution in [2.24, 2.45) is 16.7 Å². The molecule has 1 saturated heterocycles. The average molecular weight is 545 g/mol. The second kappa shape index (κ2) is 8.94. The summed E-state index contributed by atoms with van der Waals surface area (Å²) < 4.78 is 17.7. The maximum atomic E-state index is 14.3. The first-order valence-electron chi connectivity index (χ1n) is 13.2. The number of esters is 2. The van der Waals surface area contributed by atoms with Gasteiger partial charge < -0.3 is 34.6 Å². The zero-order chi connectivity index (χ0) is 28.7. The van der Waals surface area contributed by atoms with Crippen LogP contribution in [0, 0.1) is 16.7 Å². The number of ketones is 1. The summed E-state index contributed by atoms with van der Waals surface area (Å²) in [6.07, 6.45) is -7.26. The lowest BCUT2D eigenvalue weighted by molar-refractivity contribution is -0.345. The zero-order valence-corrected chi connectivity index (χ0v) is 22.7. The van der Waals surface area contributed by atoms with Crippen molar-refractivity contribution in [3.63, 3.8) is 0 Å². The van der Waals surface area contributed by atoms with Gasteiger partial charge in [-0.1, -0.05) is 32.0 Å². The number of aliphatic hydroxyl groups excluding tert-OH is 3. The fourth-order valence-corrected chi connectivity index (χ4v) is 7.66. The molecule has 1 aromatic carbocycles. The average Bonchev–Trinajstić information content (AvgIpc) is 2.87. The Morgan fingerprint density at radius 3 is 2.28 bits per heavy atom. The Morgan fingerprint density at radius 1 is 1.08 bits per heavy atom. The molecule has 0 aromatic heterocycles. The van der Waals surface area contributed by atoms with Gasteiger partial charge >= 0.3 is 11.9 Å². The molecule has 0 spiro atoms. The highest BCUT2D eigenvalue weighted by Gasteiger charge is 2.77. The molecule has 1 heterocycles. The summed E-state index contributed by atoms with van der Waals surface area (Å²) in [7, 11) is 0. The third kappa shape index (κ3) is 3.62. The van der Waals surface area contributed by atoms with Crippen molar-refractivity contribution in [1.82, 2.24) is 0 Å². The highest BCUT2D eigenvalue weighted by molar-refractivity contribution is 5.94. The van der Waals surface area contributed by atoms with E-state index in [1.54, 1.807) is 39.0 Å². The van der Waals surface area contributed by atoms with Crippen LogP contribution in [0.2, 0.25) is 0 Å². The Bertz CT molecular complexity index is 1240. The molecule has 212 valence electrons. The summed E-state index contributed by atoms with van der Waals surface area (Å²) in [5, 5.41) is 46.7. The largest absolute Gasteiger partial charge is 0.455 e. The van der Waals surface area contributed by atoms with Crippen LogP contribution in [0.3, 0.4) is 0 Å². The van der Waals surface area contributed by atoms with Crippen LogP contribution in [-0.4, -0.2) is 86.5 Å². The predicted octanol–water partition coefficient (Wildman–Crippen LogP) is 1.08. The third-order valence-corrected chi connectivity index (χ3v) is 9.95. The molecule has 9 atom stereocenters. The molecule has 1 aromatic rings. The van der Waals surface area contributed by atoms with Gasteiger partial charge in [0.1, 0.15) is 23.9 Å². The Balaban J connectivity index is 1.81. The summed E-state index contributed by atoms with van der Waals surface area (Å²) in [5.41, 5.74) is -6.24. The monoisotopic (exact) mass is 544 g/mol. The van der Waals surface area contributed by atoms with Crippen molar-refractivity contribution in [1.29, 1.82) is 0 Å². The molecule has 5 rings (SSSR count). The van der Waals surface area contributed by atoms with Crippen LogP contribution in [0.5, 0.6) is 0 Å². The second-order valence-corrected chi connectivity index (χ2v) is 12.2. The lowest BCUT2D eigenvalue weighted by Crippen LogP contribution is -2.81. The van der Waals surface area contributed by atoms with Crippen molar-refractivity contribution < 1.29 is 49.0 Å². The first-order chi connectivity index (χ1) is 18.1. The Hall–Kier alpha value is -2.63. The van der Waals surface area contributed by atoms with Crippen LogP contribution in [0.1, 0.15) is 57.8 Å². The smallest absolute Gasteiger partial charge is 0.338 e. The molecule has 1 aliphatic heterocycles. The van der Waals surface area contributed by atoms with Gasteiger partial charge in [0.25, 0.3) is 0 Å². The van der Waals surface area contributed by atoms with Crippen LogP contribution in [0.15, 0.2) is 41.5 Å². The third-order valence-electron chi connectivity index (χ3n) is 9.95. The van der Waals surface area contributed by atoms with Crippen molar-refractivity contribution in [3.8, 4) is 0 Å². The zero-order valence-electron chi connectivity index (χ0n) is 22.7. The number of ether oxygens (including phenoxy) is 3. The minimum absolute atomic E-state index is 0.0828. The summed E-state index contributed by atoms with van der Waals surface area (Å²) in [6.45, 7) is 7.29. The molecule has 4 aliphatic rings. The van der Waals surface area contributed by atoms with Crippen molar-refractivity contribution >= 4 is 17.7 Å². The second-order valence-electron chi connectivity index (χ2n) is 12.2. The van der Waals surface area contributed by atoms with Crippen molar-refractivity contribution in [2.75, 3.05) is 6.61 Å². The van der Waals surface area contributed by atoms with E-state index in [4.69, 9.17) is 14.2 Å². The highest BCUT2D eigenvalue weighted by atomic mass is 16.6. The molecule has 39 heavy (non-hydrogen) atoms. The van der Waals surface area contributed by atoms with Gasteiger partial charge in [0, 0.05) is 25.2 Å². The van der Waals surface area contributed by atoms with Gasteiger partial charge in [-0.25, -0.2) is 4.79 Å². The number of hydrogen-bond donors (Lipinski definition) is 4. The summed E-state index contributed by atoms with van der Waals surface area (Å²) >= 11 is 0. The number of benzene rings is 1. The van der Waals surface area contributed by atoms with Gasteiger partial charge in [-0.15, -0.1) is 0 Å². The maximum absolute atomic E-state index is 14.3. The van der Waals surface area contributed by atoms with E-state index < -0.39 is 76.2 Å². The van der Waals surface area contributed by atoms with Crippen LogP contribution in [-0.2, 0) is 23.8 Å². The van der Waals surface area contributed by atoms with E-state index in [-0.39, 0.29) is 30.6 Å². The predicted molar refractivity (Wildman–Crippen MR) is 135 cm³/mol. The number of rotatable bonds is 3. The minimum atomic E-state index is -2.07. The molecule has 2 bridgehead atoms. The fraction of sp³-hybridized carbons (Fsp3) is 0.621. The molecule has 10 heteroatoms. The molecule has 2 saturated carbocycles. The Kier molecular flexibility index (Phi) is 6.40. The van der Waals surface area contributed by atoms with E-state index in [2.05, 4.69) is 0 Å². The lowest BCUT2D eigenvalue weighted by atomic mass is 9.44. The minimum Gasteiger partial charge on any atom is -0.455 e. The topological polar surface area (TPSA) is 160 Å². The number of carbonyl (C=O) groups excluding carboxylic acids is 3. The van der Waals surface area contributed by atoms with E-state index in [1.807, 2.05) is 0 Å². The molecule has 3 fully saturated rings. The van der Waals surface area contributed by atoms with Gasteiger partial charge in [-0.05, 0) is 37.1 Å². The first kappa shape index (κ1) is 27.9. The first-order valence-corrected chi connectivity index (χ1v) is 13.2. The quantitative estimate of drug-likeness (QED) is 0.320. The van der Waals surface area contributed by atoms with Gasteiger partial charge in [0.15, 0.2) is 11.4 Å². The standard InChI is InChI=1S/C29H36O10/c1-14-17(31)12-29(36)24(38-25(35)16-9-7-6-8-10-16)22-27(5,23(34)21(33)20(14)26(29,3)4)18(32)11-19-28(22,13-37-19)39-15(2)30/h6-10,17-19,21-22,24,31-33,36H,11-13H2,1-5H3/t17?,18?,19?,21?,22-,24?,27+,28-,29+/m0/s1. The van der Waals surface area contributed by atoms with Gasteiger partial charge in [0.05, 0.1) is 35.7 Å². The summed E-state index contributed by atoms with van der Waals surface area (Å²) in [6, 6.07) is 8.08. The van der Waals surface area contributed by atoms with Crippen LogP contribution in [0.4, 0.5) is 0 Å². The number of hydrogen-bond acceptors (Lipinski definition) is 10. The maximum Gasteiger partial charge on any atom is 0.338 e. The van der Waals surface area contributed by atoms with Gasteiger partial charge in [0.2, 0.25) is 0 Å². The molecular formula is C29H36O10. The van der Waals surface area contributed by atoms with E-state index in [0.29, 0.717) is 5.57 Å². The molecule has 10 nitrogen and oxygen atoms in total. The fourth-order valence-electron chi connectivity index (χ4n) is 7.66. The van der Waals surface area contributed by atoms with E-state index in [1.165, 1.54) is 26.0 Å². The molecule has 0 amide bonds.